The summed E-state index contributed by atoms with van der Waals surface area (Å²) in [5.41, 5.74) is 16.2. The molecule has 0 saturated heterocycles. The minimum atomic E-state index is 1.06. The number of thiophene rings is 1. The van der Waals surface area contributed by atoms with Crippen LogP contribution >= 0.6 is 11.3 Å². The summed E-state index contributed by atoms with van der Waals surface area (Å²) >= 11 is 1.95. The van der Waals surface area contributed by atoms with Gasteiger partial charge in [0.25, 0.3) is 0 Å². The first-order valence-electron chi connectivity index (χ1n) is 19.9. The fraction of sp³-hybridized carbons (Fsp3) is 0.0741. The molecule has 11 rings (SSSR count). The summed E-state index contributed by atoms with van der Waals surface area (Å²) in [6.45, 7) is 4.51. The molecule has 0 aliphatic heterocycles. The van der Waals surface area contributed by atoms with Gasteiger partial charge in [0, 0.05) is 43.1 Å². The smallest absolute Gasteiger partial charge is 0.0542 e. The van der Waals surface area contributed by atoms with Gasteiger partial charge in [-0.3, -0.25) is 0 Å². The van der Waals surface area contributed by atoms with Crippen LogP contribution in [-0.2, 0) is 6.42 Å². The zero-order valence-corrected chi connectivity index (χ0v) is 32.9. The van der Waals surface area contributed by atoms with Gasteiger partial charge in [-0.2, -0.15) is 0 Å². The molecule has 2 aromatic heterocycles. The molecule has 0 radical (unpaired) electrons. The third-order valence-electron chi connectivity index (χ3n) is 11.9. The molecule has 0 spiro atoms. The SMILES string of the molecule is Cc1cc(N(c2ccc3ccccc3c2)c2ccc3c(c2)c2ccccc2n3-c2ccccc2)ccc1-c1cc(C2=Cc3c(sc4ccccc34)CC2)ccc1C. The topological polar surface area (TPSA) is 8.17 Å². The van der Waals surface area contributed by atoms with E-state index in [4.69, 9.17) is 0 Å². The fourth-order valence-electron chi connectivity index (χ4n) is 9.10. The van der Waals surface area contributed by atoms with Gasteiger partial charge in [-0.05, 0) is 161 Å². The van der Waals surface area contributed by atoms with Gasteiger partial charge in [0.1, 0.15) is 0 Å². The summed E-state index contributed by atoms with van der Waals surface area (Å²) in [5, 5.41) is 6.32. The molecule has 272 valence electrons. The highest BCUT2D eigenvalue weighted by Gasteiger charge is 2.21. The number of para-hydroxylation sites is 2. The summed E-state index contributed by atoms with van der Waals surface area (Å²) < 4.78 is 3.77. The van der Waals surface area contributed by atoms with Crippen LogP contribution in [0.3, 0.4) is 0 Å². The van der Waals surface area contributed by atoms with E-state index in [9.17, 15) is 0 Å². The fourth-order valence-corrected chi connectivity index (χ4v) is 10.3. The first-order valence-corrected chi connectivity index (χ1v) is 20.7. The second kappa shape index (κ2) is 13.5. The maximum atomic E-state index is 2.46. The number of fused-ring (bicyclic) bond motifs is 7. The Balaban J connectivity index is 1.04. The van der Waals surface area contributed by atoms with Crippen molar-refractivity contribution in [3.8, 4) is 16.8 Å². The molecule has 0 saturated carbocycles. The molecule has 57 heavy (non-hydrogen) atoms. The molecule has 2 heterocycles. The van der Waals surface area contributed by atoms with Crippen LogP contribution in [0.1, 0.15) is 33.6 Å². The number of aryl methyl sites for hydroxylation is 3. The molecule has 2 nitrogen and oxygen atoms in total. The third kappa shape index (κ3) is 5.69. The molecule has 3 heteroatoms. The van der Waals surface area contributed by atoms with Crippen LogP contribution in [0.5, 0.6) is 0 Å². The van der Waals surface area contributed by atoms with Crippen molar-refractivity contribution in [3.63, 3.8) is 0 Å². The first-order chi connectivity index (χ1) is 28.1. The number of hydrogen-bond acceptors (Lipinski definition) is 2. The predicted octanol–water partition coefficient (Wildman–Crippen LogP) is 15.4. The second-order valence-electron chi connectivity index (χ2n) is 15.4. The average molecular weight is 749 g/mol. The maximum absolute atomic E-state index is 2.46. The normalized spacial score (nSPS) is 12.7. The van der Waals surface area contributed by atoms with Crippen molar-refractivity contribution in [3.05, 3.63) is 203 Å². The Bertz CT molecular complexity index is 3220. The van der Waals surface area contributed by atoms with Gasteiger partial charge in [-0.25, -0.2) is 0 Å². The van der Waals surface area contributed by atoms with Crippen LogP contribution in [0.2, 0.25) is 0 Å². The predicted molar refractivity (Wildman–Crippen MR) is 246 cm³/mol. The molecular formula is C54H40N2S. The van der Waals surface area contributed by atoms with E-state index in [0.717, 1.165) is 35.6 Å². The summed E-state index contributed by atoms with van der Waals surface area (Å²) in [6.07, 6.45) is 4.62. The van der Waals surface area contributed by atoms with E-state index in [1.807, 2.05) is 11.3 Å². The van der Waals surface area contributed by atoms with Gasteiger partial charge >= 0.3 is 0 Å². The average Bonchev–Trinajstić information content (AvgIpc) is 3.80. The molecule has 0 atom stereocenters. The number of allylic oxidation sites excluding steroid dienone is 1. The molecule has 10 aromatic rings. The van der Waals surface area contributed by atoms with Crippen molar-refractivity contribution in [2.24, 2.45) is 0 Å². The van der Waals surface area contributed by atoms with E-state index in [-0.39, 0.29) is 0 Å². The maximum Gasteiger partial charge on any atom is 0.0542 e. The van der Waals surface area contributed by atoms with E-state index in [1.165, 1.54) is 86.5 Å². The molecule has 0 amide bonds. The Hall–Kier alpha value is -6.68. The minimum absolute atomic E-state index is 1.06. The number of rotatable bonds is 6. The number of aromatic nitrogens is 1. The molecular weight excluding hydrogens is 709 g/mol. The molecule has 8 aromatic carbocycles. The van der Waals surface area contributed by atoms with Crippen LogP contribution in [0.15, 0.2) is 176 Å². The molecule has 0 N–H and O–H groups in total. The van der Waals surface area contributed by atoms with Crippen molar-refractivity contribution >= 4 is 82.7 Å². The quantitative estimate of drug-likeness (QED) is 0.164. The number of anilines is 3. The Morgan fingerprint density at radius 1 is 0.491 bits per heavy atom. The highest BCUT2D eigenvalue weighted by Crippen LogP contribution is 2.44. The Labute approximate surface area is 337 Å². The zero-order valence-electron chi connectivity index (χ0n) is 32.0. The Morgan fingerprint density at radius 3 is 2.07 bits per heavy atom. The first kappa shape index (κ1) is 33.6. The van der Waals surface area contributed by atoms with Gasteiger partial charge < -0.3 is 9.47 Å². The van der Waals surface area contributed by atoms with Crippen molar-refractivity contribution in [1.82, 2.24) is 4.57 Å². The van der Waals surface area contributed by atoms with Crippen LogP contribution in [0.25, 0.3) is 71.1 Å². The highest BCUT2D eigenvalue weighted by atomic mass is 32.1. The highest BCUT2D eigenvalue weighted by molar-refractivity contribution is 7.19. The summed E-state index contributed by atoms with van der Waals surface area (Å²) in [4.78, 5) is 3.94. The van der Waals surface area contributed by atoms with E-state index in [2.05, 4.69) is 205 Å². The van der Waals surface area contributed by atoms with Gasteiger partial charge in [-0.1, -0.05) is 103 Å². The zero-order chi connectivity index (χ0) is 38.0. The summed E-state index contributed by atoms with van der Waals surface area (Å²) in [6, 6.07) is 64.8. The molecule has 0 fully saturated rings. The van der Waals surface area contributed by atoms with Crippen LogP contribution in [-0.4, -0.2) is 4.57 Å². The van der Waals surface area contributed by atoms with Crippen LogP contribution in [0.4, 0.5) is 17.1 Å². The van der Waals surface area contributed by atoms with Crippen LogP contribution < -0.4 is 4.90 Å². The summed E-state index contributed by atoms with van der Waals surface area (Å²) in [5.74, 6) is 0. The molecule has 0 bridgehead atoms. The van der Waals surface area contributed by atoms with E-state index in [1.54, 1.807) is 0 Å². The number of hydrogen-bond donors (Lipinski definition) is 0. The number of nitrogens with zero attached hydrogens (tertiary/aromatic N) is 2. The lowest BCUT2D eigenvalue weighted by Crippen LogP contribution is -2.10. The van der Waals surface area contributed by atoms with Gasteiger partial charge in [0.2, 0.25) is 0 Å². The monoisotopic (exact) mass is 748 g/mol. The van der Waals surface area contributed by atoms with Crippen LogP contribution in [0, 0.1) is 13.8 Å². The third-order valence-corrected chi connectivity index (χ3v) is 13.2. The van der Waals surface area contributed by atoms with Crippen molar-refractivity contribution in [2.75, 3.05) is 4.90 Å². The van der Waals surface area contributed by atoms with E-state index >= 15 is 0 Å². The lowest BCUT2D eigenvalue weighted by molar-refractivity contribution is 1.03. The van der Waals surface area contributed by atoms with Crippen molar-refractivity contribution < 1.29 is 0 Å². The van der Waals surface area contributed by atoms with Crippen molar-refractivity contribution in [1.29, 1.82) is 0 Å². The second-order valence-corrected chi connectivity index (χ2v) is 16.5. The van der Waals surface area contributed by atoms with Gasteiger partial charge in [0.15, 0.2) is 0 Å². The van der Waals surface area contributed by atoms with E-state index in [0.29, 0.717) is 0 Å². The van der Waals surface area contributed by atoms with Crippen molar-refractivity contribution in [2.45, 2.75) is 26.7 Å². The number of benzene rings is 8. The van der Waals surface area contributed by atoms with E-state index < -0.39 is 0 Å². The van der Waals surface area contributed by atoms with Gasteiger partial charge in [-0.15, -0.1) is 11.3 Å². The minimum Gasteiger partial charge on any atom is -0.310 e. The lowest BCUT2D eigenvalue weighted by Gasteiger charge is -2.27. The Morgan fingerprint density at radius 2 is 1.19 bits per heavy atom. The van der Waals surface area contributed by atoms with Gasteiger partial charge in [0.05, 0.1) is 11.0 Å². The molecule has 1 aliphatic rings. The molecule has 0 unspecified atom stereocenters. The standard InChI is InChI=1S/C54H40N2S/c1-35-20-21-39(40-23-29-54-50(33-40)47-17-9-11-19-53(47)57-54)32-48(35)45-27-25-42(30-36(45)2)55(43-24-22-37-12-6-7-13-38(37)31-43)44-26-28-52-49(34-44)46-16-8-10-18-51(46)56(52)41-14-4-3-5-15-41/h3-22,24-28,30-34H,23,29H2,1-2H3. The Kier molecular flexibility index (Phi) is 7.97. The largest absolute Gasteiger partial charge is 0.310 e. The lowest BCUT2D eigenvalue weighted by atomic mass is 9.88. The summed E-state index contributed by atoms with van der Waals surface area (Å²) in [7, 11) is 0. The molecule has 1 aliphatic carbocycles.